The Morgan fingerprint density at radius 2 is 2.29 bits per heavy atom. The van der Waals surface area contributed by atoms with Crippen LogP contribution >= 0.6 is 11.8 Å². The zero-order valence-electron chi connectivity index (χ0n) is 9.12. The molecule has 0 aliphatic rings. The van der Waals surface area contributed by atoms with Crippen LogP contribution in [0.1, 0.15) is 10.4 Å². The second kappa shape index (κ2) is 5.99. The predicted octanol–water partition coefficient (Wildman–Crippen LogP) is 0.249. The van der Waals surface area contributed by atoms with Gasteiger partial charge in [-0.2, -0.15) is 0 Å². The van der Waals surface area contributed by atoms with E-state index in [1.165, 1.54) is 13.3 Å². The zero-order chi connectivity index (χ0) is 12.9. The Hall–Kier alpha value is -1.12. The molecule has 1 aromatic rings. The SMILES string of the molecule is COC(=O)c1cccnc1SCCS(N)(=O)=O. The number of sulfonamides is 1. The summed E-state index contributed by atoms with van der Waals surface area (Å²) in [5.41, 5.74) is 0.314. The maximum absolute atomic E-state index is 11.4. The molecule has 0 fully saturated rings. The van der Waals surface area contributed by atoms with E-state index in [1.54, 1.807) is 12.1 Å². The summed E-state index contributed by atoms with van der Waals surface area (Å²) in [5, 5.41) is 5.30. The molecule has 0 radical (unpaired) electrons. The first kappa shape index (κ1) is 13.9. The molecule has 0 aromatic carbocycles. The second-order valence-corrected chi connectivity index (χ2v) is 5.88. The summed E-state index contributed by atoms with van der Waals surface area (Å²) in [6.07, 6.45) is 1.52. The van der Waals surface area contributed by atoms with E-state index in [1.807, 2.05) is 0 Å². The Kier molecular flexibility index (Phi) is 4.91. The highest BCUT2D eigenvalue weighted by atomic mass is 32.2. The van der Waals surface area contributed by atoms with E-state index in [0.29, 0.717) is 10.6 Å². The molecule has 6 nitrogen and oxygen atoms in total. The van der Waals surface area contributed by atoms with E-state index in [4.69, 9.17) is 5.14 Å². The number of nitrogens with two attached hydrogens (primary N) is 1. The van der Waals surface area contributed by atoms with Gasteiger partial charge in [0.2, 0.25) is 10.0 Å². The number of nitrogens with zero attached hydrogens (tertiary/aromatic N) is 1. The molecule has 0 saturated heterocycles. The van der Waals surface area contributed by atoms with Gasteiger partial charge in [0.15, 0.2) is 0 Å². The lowest BCUT2D eigenvalue weighted by Gasteiger charge is -2.05. The fraction of sp³-hybridized carbons (Fsp3) is 0.333. The van der Waals surface area contributed by atoms with Crippen LogP contribution in [0.25, 0.3) is 0 Å². The van der Waals surface area contributed by atoms with Crippen LogP contribution < -0.4 is 5.14 Å². The molecule has 94 valence electrons. The quantitative estimate of drug-likeness (QED) is 0.611. The van der Waals surface area contributed by atoms with Crippen LogP contribution in [0.3, 0.4) is 0 Å². The van der Waals surface area contributed by atoms with Crippen molar-refractivity contribution in [1.82, 2.24) is 4.98 Å². The number of carbonyl (C=O) groups excluding carboxylic acids is 1. The summed E-state index contributed by atoms with van der Waals surface area (Å²) in [6.45, 7) is 0. The lowest BCUT2D eigenvalue weighted by atomic mass is 10.3. The molecule has 0 saturated carbocycles. The van der Waals surface area contributed by atoms with Gasteiger partial charge in [-0.25, -0.2) is 23.3 Å². The third-order valence-electron chi connectivity index (χ3n) is 1.78. The molecule has 0 amide bonds. The highest BCUT2D eigenvalue weighted by molar-refractivity contribution is 8.00. The van der Waals surface area contributed by atoms with Crippen LogP contribution in [0.2, 0.25) is 0 Å². The number of methoxy groups -OCH3 is 1. The van der Waals surface area contributed by atoms with Gasteiger partial charge in [-0.15, -0.1) is 11.8 Å². The molecule has 0 unspecified atom stereocenters. The Morgan fingerprint density at radius 3 is 2.88 bits per heavy atom. The maximum atomic E-state index is 11.4. The molecule has 1 rings (SSSR count). The molecule has 2 N–H and O–H groups in total. The molecular weight excluding hydrogens is 264 g/mol. The van der Waals surface area contributed by atoms with Crippen molar-refractivity contribution in [2.24, 2.45) is 5.14 Å². The Labute approximate surface area is 104 Å². The molecule has 0 aliphatic carbocycles. The van der Waals surface area contributed by atoms with Gasteiger partial charge in [-0.1, -0.05) is 0 Å². The molecule has 1 aromatic heterocycles. The fourth-order valence-electron chi connectivity index (χ4n) is 1.03. The minimum Gasteiger partial charge on any atom is -0.465 e. The predicted molar refractivity (Wildman–Crippen MR) is 64.3 cm³/mol. The number of primary sulfonamides is 1. The van der Waals surface area contributed by atoms with Crippen molar-refractivity contribution in [3.63, 3.8) is 0 Å². The van der Waals surface area contributed by atoms with Crippen molar-refractivity contribution in [3.05, 3.63) is 23.9 Å². The Morgan fingerprint density at radius 1 is 1.59 bits per heavy atom. The first-order valence-corrected chi connectivity index (χ1v) is 7.31. The van der Waals surface area contributed by atoms with E-state index in [0.717, 1.165) is 11.8 Å². The minimum absolute atomic E-state index is 0.172. The van der Waals surface area contributed by atoms with Gasteiger partial charge in [-0.3, -0.25) is 0 Å². The van der Waals surface area contributed by atoms with Gasteiger partial charge in [-0.05, 0) is 12.1 Å². The molecule has 0 aliphatic heterocycles. The maximum Gasteiger partial charge on any atom is 0.340 e. The normalized spacial score (nSPS) is 11.2. The van der Waals surface area contributed by atoms with Crippen molar-refractivity contribution in [2.45, 2.75) is 5.03 Å². The molecule has 8 heteroatoms. The van der Waals surface area contributed by atoms with E-state index in [2.05, 4.69) is 9.72 Å². The zero-order valence-corrected chi connectivity index (χ0v) is 10.8. The first-order chi connectivity index (χ1) is 7.94. The van der Waals surface area contributed by atoms with Crippen LogP contribution in [0, 0.1) is 0 Å². The number of hydrogen-bond acceptors (Lipinski definition) is 6. The molecule has 17 heavy (non-hydrogen) atoms. The van der Waals surface area contributed by atoms with E-state index in [9.17, 15) is 13.2 Å². The van der Waals surface area contributed by atoms with Crippen molar-refractivity contribution in [2.75, 3.05) is 18.6 Å². The summed E-state index contributed by atoms with van der Waals surface area (Å²) in [7, 11) is -2.23. The summed E-state index contributed by atoms with van der Waals surface area (Å²) in [6, 6.07) is 3.17. The second-order valence-electron chi connectivity index (χ2n) is 3.06. The van der Waals surface area contributed by atoms with Crippen molar-refractivity contribution in [1.29, 1.82) is 0 Å². The number of hydrogen-bond donors (Lipinski definition) is 1. The number of ether oxygens (including phenoxy) is 1. The standard InChI is InChI=1S/C9H12N2O4S2/c1-15-9(12)7-3-2-4-11-8(7)16-5-6-17(10,13)14/h2-4H,5-6H2,1H3,(H2,10,13,14). The number of aromatic nitrogens is 1. The van der Waals surface area contributed by atoms with Gasteiger partial charge in [0.05, 0.1) is 18.4 Å². The van der Waals surface area contributed by atoms with Crippen LogP contribution in [0.5, 0.6) is 0 Å². The topological polar surface area (TPSA) is 99.3 Å². The number of thioether (sulfide) groups is 1. The van der Waals surface area contributed by atoms with Crippen molar-refractivity contribution >= 4 is 27.8 Å². The van der Waals surface area contributed by atoms with Crippen LogP contribution in [0.15, 0.2) is 23.4 Å². The average molecular weight is 276 g/mol. The highest BCUT2D eigenvalue weighted by Gasteiger charge is 2.13. The monoisotopic (exact) mass is 276 g/mol. The van der Waals surface area contributed by atoms with Gasteiger partial charge in [0, 0.05) is 11.9 Å². The number of esters is 1. The first-order valence-electron chi connectivity index (χ1n) is 4.60. The molecule has 1 heterocycles. The Balaban J connectivity index is 2.74. The van der Waals surface area contributed by atoms with Gasteiger partial charge in [0.1, 0.15) is 5.03 Å². The summed E-state index contributed by atoms with van der Waals surface area (Å²) in [4.78, 5) is 15.4. The van der Waals surface area contributed by atoms with Crippen LogP contribution in [-0.2, 0) is 14.8 Å². The third-order valence-corrected chi connectivity index (χ3v) is 3.82. The van der Waals surface area contributed by atoms with Crippen LogP contribution in [0.4, 0.5) is 0 Å². The third kappa shape index (κ3) is 4.72. The van der Waals surface area contributed by atoms with Gasteiger partial charge in [0.25, 0.3) is 0 Å². The largest absolute Gasteiger partial charge is 0.465 e. The Bertz CT molecular complexity index is 501. The van der Waals surface area contributed by atoms with Crippen molar-refractivity contribution < 1.29 is 17.9 Å². The lowest BCUT2D eigenvalue weighted by molar-refractivity contribution is 0.0596. The molecular formula is C9H12N2O4S2. The van der Waals surface area contributed by atoms with E-state index >= 15 is 0 Å². The summed E-state index contributed by atoms with van der Waals surface area (Å²) < 4.78 is 26.1. The van der Waals surface area contributed by atoms with E-state index < -0.39 is 16.0 Å². The van der Waals surface area contributed by atoms with Crippen molar-refractivity contribution in [3.8, 4) is 0 Å². The lowest BCUT2D eigenvalue weighted by Crippen LogP contribution is -2.18. The molecule has 0 bridgehead atoms. The van der Waals surface area contributed by atoms with E-state index in [-0.39, 0.29) is 11.5 Å². The van der Waals surface area contributed by atoms with Gasteiger partial charge < -0.3 is 4.74 Å². The fourth-order valence-corrected chi connectivity index (χ4v) is 2.92. The minimum atomic E-state index is -3.50. The number of carbonyl (C=O) groups is 1. The molecule has 0 atom stereocenters. The smallest absolute Gasteiger partial charge is 0.340 e. The summed E-state index contributed by atoms with van der Waals surface area (Å²) in [5.74, 6) is -0.439. The number of rotatable bonds is 5. The summed E-state index contributed by atoms with van der Waals surface area (Å²) >= 11 is 1.15. The highest BCUT2D eigenvalue weighted by Crippen LogP contribution is 2.20. The molecule has 0 spiro atoms. The van der Waals surface area contributed by atoms with Gasteiger partial charge >= 0.3 is 5.97 Å². The number of pyridine rings is 1. The van der Waals surface area contributed by atoms with Crippen LogP contribution in [-0.4, -0.2) is 38.0 Å². The average Bonchev–Trinajstić information content (AvgIpc) is 2.27.